The second-order valence-corrected chi connectivity index (χ2v) is 5.57. The van der Waals surface area contributed by atoms with Gasteiger partial charge < -0.3 is 10.1 Å². The summed E-state index contributed by atoms with van der Waals surface area (Å²) >= 11 is 0. The monoisotopic (exact) mass is 325 g/mol. The van der Waals surface area contributed by atoms with Gasteiger partial charge >= 0.3 is 0 Å². The van der Waals surface area contributed by atoms with Crippen molar-refractivity contribution < 1.29 is 13.9 Å². The van der Waals surface area contributed by atoms with Gasteiger partial charge in [0.05, 0.1) is 12.1 Å². The van der Waals surface area contributed by atoms with E-state index in [0.717, 1.165) is 0 Å². The van der Waals surface area contributed by atoms with E-state index in [2.05, 4.69) is 31.0 Å². The number of nitrogens with one attached hydrogen (secondary N) is 1. The Labute approximate surface area is 141 Å². The van der Waals surface area contributed by atoms with Crippen molar-refractivity contribution in [2.45, 2.75) is 19.8 Å². The molecule has 0 heterocycles. The van der Waals surface area contributed by atoms with E-state index in [1.54, 1.807) is 18.2 Å². The van der Waals surface area contributed by atoms with Crippen molar-refractivity contribution in [3.63, 3.8) is 0 Å². The standard InChI is InChI=1S/C20H20FNO2/c1-15(2)16-9-11-18(12-10-16)24-14-20(23)22-13-5-7-17-6-3-4-8-19(17)21/h3-4,6,8-12,15H,13-14H2,1-2H3,(H,22,23). The molecule has 0 saturated heterocycles. The quantitative estimate of drug-likeness (QED) is 0.855. The van der Waals surface area contributed by atoms with E-state index in [1.165, 1.54) is 11.6 Å². The summed E-state index contributed by atoms with van der Waals surface area (Å²) in [5.74, 6) is 5.85. The van der Waals surface area contributed by atoms with Crippen molar-refractivity contribution in [2.24, 2.45) is 0 Å². The number of benzene rings is 2. The number of hydrogen-bond donors (Lipinski definition) is 1. The van der Waals surface area contributed by atoms with Crippen LogP contribution in [0.25, 0.3) is 0 Å². The maximum absolute atomic E-state index is 13.4. The van der Waals surface area contributed by atoms with E-state index in [-0.39, 0.29) is 24.9 Å². The molecule has 0 aliphatic rings. The highest BCUT2D eigenvalue weighted by Gasteiger charge is 2.03. The molecule has 0 aliphatic carbocycles. The summed E-state index contributed by atoms with van der Waals surface area (Å²) in [6, 6.07) is 13.9. The fourth-order valence-corrected chi connectivity index (χ4v) is 1.99. The van der Waals surface area contributed by atoms with Crippen LogP contribution in [0.3, 0.4) is 0 Å². The van der Waals surface area contributed by atoms with Gasteiger partial charge in [0.15, 0.2) is 6.61 Å². The number of carbonyl (C=O) groups is 1. The Hall–Kier alpha value is -2.80. The molecule has 0 fully saturated rings. The summed E-state index contributed by atoms with van der Waals surface area (Å²) in [6.45, 7) is 4.29. The predicted molar refractivity (Wildman–Crippen MR) is 92.3 cm³/mol. The van der Waals surface area contributed by atoms with Gasteiger partial charge in [-0.1, -0.05) is 50.0 Å². The van der Waals surface area contributed by atoms with E-state index in [9.17, 15) is 9.18 Å². The predicted octanol–water partition coefficient (Wildman–Crippen LogP) is 3.50. The maximum atomic E-state index is 13.4. The number of ether oxygens (including phenoxy) is 1. The van der Waals surface area contributed by atoms with Crippen molar-refractivity contribution in [1.29, 1.82) is 0 Å². The molecule has 1 N–H and O–H groups in total. The molecule has 0 spiro atoms. The zero-order valence-corrected chi connectivity index (χ0v) is 13.8. The van der Waals surface area contributed by atoms with E-state index in [4.69, 9.17) is 4.74 Å². The van der Waals surface area contributed by atoms with Gasteiger partial charge in [-0.05, 0) is 35.7 Å². The summed E-state index contributed by atoms with van der Waals surface area (Å²) in [5.41, 5.74) is 1.53. The van der Waals surface area contributed by atoms with Crippen LogP contribution in [0.15, 0.2) is 48.5 Å². The lowest BCUT2D eigenvalue weighted by Crippen LogP contribution is -2.29. The molecule has 24 heavy (non-hydrogen) atoms. The fraction of sp³-hybridized carbons (Fsp3) is 0.250. The molecule has 2 rings (SSSR count). The number of halogens is 1. The van der Waals surface area contributed by atoms with Crippen LogP contribution in [0, 0.1) is 17.7 Å². The molecule has 0 bridgehead atoms. The normalized spacial score (nSPS) is 10.0. The molecule has 4 heteroatoms. The minimum atomic E-state index is -0.371. The van der Waals surface area contributed by atoms with Gasteiger partial charge in [-0.2, -0.15) is 0 Å². The Kier molecular flexibility index (Phi) is 6.39. The van der Waals surface area contributed by atoms with Gasteiger partial charge in [0.1, 0.15) is 11.6 Å². The van der Waals surface area contributed by atoms with Crippen molar-refractivity contribution in [1.82, 2.24) is 5.32 Å². The van der Waals surface area contributed by atoms with Gasteiger partial charge in [0.2, 0.25) is 0 Å². The molecule has 0 aromatic heterocycles. The first-order valence-electron chi connectivity index (χ1n) is 7.79. The topological polar surface area (TPSA) is 38.3 Å². The zero-order chi connectivity index (χ0) is 17.4. The molecule has 2 aromatic carbocycles. The lowest BCUT2D eigenvalue weighted by atomic mass is 10.0. The minimum Gasteiger partial charge on any atom is -0.484 e. The Bertz CT molecular complexity index is 742. The Balaban J connectivity index is 1.75. The highest BCUT2D eigenvalue weighted by molar-refractivity contribution is 5.77. The van der Waals surface area contributed by atoms with Crippen LogP contribution in [0.5, 0.6) is 5.75 Å². The Morgan fingerprint density at radius 1 is 1.17 bits per heavy atom. The van der Waals surface area contributed by atoms with Gasteiger partial charge in [-0.25, -0.2) is 4.39 Å². The third-order valence-electron chi connectivity index (χ3n) is 3.39. The SMILES string of the molecule is CC(C)c1ccc(OCC(=O)NCC#Cc2ccccc2F)cc1. The highest BCUT2D eigenvalue weighted by atomic mass is 19.1. The molecular formula is C20H20FNO2. The van der Waals surface area contributed by atoms with E-state index >= 15 is 0 Å². The number of rotatable bonds is 5. The van der Waals surface area contributed by atoms with Crippen LogP contribution < -0.4 is 10.1 Å². The van der Waals surface area contributed by atoms with Crippen LogP contribution in [0.1, 0.15) is 30.9 Å². The van der Waals surface area contributed by atoms with Crippen LogP contribution in [0.4, 0.5) is 4.39 Å². The van der Waals surface area contributed by atoms with E-state index in [1.807, 2.05) is 24.3 Å². The molecule has 1 amide bonds. The van der Waals surface area contributed by atoms with Crippen molar-refractivity contribution in [2.75, 3.05) is 13.2 Å². The fourth-order valence-electron chi connectivity index (χ4n) is 1.99. The smallest absolute Gasteiger partial charge is 0.258 e. The Morgan fingerprint density at radius 3 is 2.54 bits per heavy atom. The summed E-state index contributed by atoms with van der Waals surface area (Å²) in [7, 11) is 0. The van der Waals surface area contributed by atoms with E-state index < -0.39 is 0 Å². The third-order valence-corrected chi connectivity index (χ3v) is 3.39. The summed E-state index contributed by atoms with van der Waals surface area (Å²) in [4.78, 5) is 11.7. The number of amides is 1. The van der Waals surface area contributed by atoms with Crippen LogP contribution in [-0.4, -0.2) is 19.1 Å². The Morgan fingerprint density at radius 2 is 1.88 bits per heavy atom. The van der Waals surface area contributed by atoms with Crippen LogP contribution >= 0.6 is 0 Å². The summed E-state index contributed by atoms with van der Waals surface area (Å²) in [5, 5.41) is 2.61. The zero-order valence-electron chi connectivity index (χ0n) is 13.8. The third kappa shape index (κ3) is 5.44. The molecular weight excluding hydrogens is 305 g/mol. The first-order valence-corrected chi connectivity index (χ1v) is 7.79. The first-order chi connectivity index (χ1) is 11.6. The van der Waals surface area contributed by atoms with Crippen molar-refractivity contribution >= 4 is 5.91 Å². The first kappa shape index (κ1) is 17.6. The van der Waals surface area contributed by atoms with Gasteiger partial charge in [0, 0.05) is 0 Å². The molecule has 2 aromatic rings. The molecule has 0 radical (unpaired) electrons. The average molecular weight is 325 g/mol. The lowest BCUT2D eigenvalue weighted by Gasteiger charge is -2.08. The lowest BCUT2D eigenvalue weighted by molar-refractivity contribution is -0.122. The molecule has 3 nitrogen and oxygen atoms in total. The summed E-state index contributed by atoms with van der Waals surface area (Å²) < 4.78 is 18.8. The number of carbonyl (C=O) groups excluding carboxylic acids is 1. The van der Waals surface area contributed by atoms with Gasteiger partial charge in [-0.3, -0.25) is 4.79 Å². The molecule has 0 aliphatic heterocycles. The summed E-state index contributed by atoms with van der Waals surface area (Å²) in [6.07, 6.45) is 0. The van der Waals surface area contributed by atoms with Gasteiger partial charge in [-0.15, -0.1) is 0 Å². The minimum absolute atomic E-state index is 0.0809. The van der Waals surface area contributed by atoms with Gasteiger partial charge in [0.25, 0.3) is 5.91 Å². The molecule has 0 saturated carbocycles. The van der Waals surface area contributed by atoms with Crippen molar-refractivity contribution in [3.8, 4) is 17.6 Å². The second-order valence-electron chi connectivity index (χ2n) is 5.57. The second kappa shape index (κ2) is 8.73. The average Bonchev–Trinajstić information content (AvgIpc) is 2.58. The molecule has 0 unspecified atom stereocenters. The number of hydrogen-bond acceptors (Lipinski definition) is 2. The molecule has 124 valence electrons. The maximum Gasteiger partial charge on any atom is 0.258 e. The van der Waals surface area contributed by atoms with E-state index in [0.29, 0.717) is 17.2 Å². The van der Waals surface area contributed by atoms with Crippen LogP contribution in [-0.2, 0) is 4.79 Å². The highest BCUT2D eigenvalue weighted by Crippen LogP contribution is 2.18. The molecule has 0 atom stereocenters. The van der Waals surface area contributed by atoms with Crippen molar-refractivity contribution in [3.05, 3.63) is 65.5 Å². The van der Waals surface area contributed by atoms with Crippen LogP contribution in [0.2, 0.25) is 0 Å². The largest absolute Gasteiger partial charge is 0.484 e.